The van der Waals surface area contributed by atoms with E-state index in [0.29, 0.717) is 5.02 Å². The maximum absolute atomic E-state index is 13.0. The molecule has 0 radical (unpaired) electrons. The Bertz CT molecular complexity index is 654. The van der Waals surface area contributed by atoms with Gasteiger partial charge in [-0.05, 0) is 48.4 Å². The second-order valence-corrected chi connectivity index (χ2v) is 5.48. The Kier molecular flexibility index (Phi) is 4.69. The highest BCUT2D eigenvalue weighted by atomic mass is 35.5. The highest BCUT2D eigenvalue weighted by molar-refractivity contribution is 6.31. The van der Waals surface area contributed by atoms with Gasteiger partial charge in [-0.2, -0.15) is 13.2 Å². The lowest BCUT2D eigenvalue weighted by Gasteiger charge is -2.16. The van der Waals surface area contributed by atoms with Crippen LogP contribution in [-0.2, 0) is 12.7 Å². The highest BCUT2D eigenvalue weighted by Crippen LogP contribution is 2.36. The molecule has 21 heavy (non-hydrogen) atoms. The molecule has 0 unspecified atom stereocenters. The first-order valence-electron chi connectivity index (χ1n) is 6.13. The quantitative estimate of drug-likeness (QED) is 0.733. The molecular formula is C15H12Cl2F3N. The molecule has 0 heterocycles. The van der Waals surface area contributed by atoms with Gasteiger partial charge in [0.25, 0.3) is 0 Å². The van der Waals surface area contributed by atoms with Gasteiger partial charge >= 0.3 is 6.18 Å². The van der Waals surface area contributed by atoms with Gasteiger partial charge in [-0.15, -0.1) is 0 Å². The number of halogens is 5. The Hall–Kier alpha value is -1.39. The second-order valence-electron chi connectivity index (χ2n) is 4.61. The smallest absolute Gasteiger partial charge is 0.380 e. The summed E-state index contributed by atoms with van der Waals surface area (Å²) in [5, 5.41) is 3.45. The van der Waals surface area contributed by atoms with Gasteiger partial charge in [0, 0.05) is 22.3 Å². The molecule has 1 N–H and O–H groups in total. The second kappa shape index (κ2) is 6.16. The minimum absolute atomic E-state index is 0.00116. The number of benzene rings is 2. The molecule has 2 aromatic carbocycles. The monoisotopic (exact) mass is 333 g/mol. The molecule has 112 valence electrons. The number of alkyl halides is 3. The van der Waals surface area contributed by atoms with E-state index in [1.54, 1.807) is 18.2 Å². The number of anilines is 1. The summed E-state index contributed by atoms with van der Waals surface area (Å²) in [7, 11) is 0. The number of rotatable bonds is 3. The van der Waals surface area contributed by atoms with Crippen LogP contribution in [-0.4, -0.2) is 0 Å². The van der Waals surface area contributed by atoms with Gasteiger partial charge < -0.3 is 5.32 Å². The third kappa shape index (κ3) is 4.05. The van der Waals surface area contributed by atoms with Crippen LogP contribution in [0.5, 0.6) is 0 Å². The van der Waals surface area contributed by atoms with E-state index < -0.39 is 11.7 Å². The zero-order chi connectivity index (χ0) is 15.6. The van der Waals surface area contributed by atoms with Crippen molar-refractivity contribution in [2.24, 2.45) is 0 Å². The summed E-state index contributed by atoms with van der Waals surface area (Å²) in [5.74, 6) is 0. The van der Waals surface area contributed by atoms with Crippen LogP contribution in [0.25, 0.3) is 0 Å². The van der Waals surface area contributed by atoms with Crippen molar-refractivity contribution < 1.29 is 13.2 Å². The number of aryl methyl sites for hydroxylation is 1. The van der Waals surface area contributed by atoms with Crippen molar-refractivity contribution in [3.63, 3.8) is 0 Å². The minimum Gasteiger partial charge on any atom is -0.380 e. The Morgan fingerprint density at radius 1 is 1.00 bits per heavy atom. The van der Waals surface area contributed by atoms with E-state index >= 15 is 0 Å². The fourth-order valence-electron chi connectivity index (χ4n) is 1.95. The van der Waals surface area contributed by atoms with Crippen LogP contribution >= 0.6 is 23.2 Å². The van der Waals surface area contributed by atoms with Crippen LogP contribution in [0.3, 0.4) is 0 Å². The average molecular weight is 334 g/mol. The van der Waals surface area contributed by atoms with Gasteiger partial charge in [0.15, 0.2) is 0 Å². The molecule has 0 bridgehead atoms. The molecule has 0 atom stereocenters. The molecule has 0 aromatic heterocycles. The van der Waals surface area contributed by atoms with E-state index in [1.165, 1.54) is 12.1 Å². The molecule has 1 nitrogen and oxygen atoms in total. The summed E-state index contributed by atoms with van der Waals surface area (Å²) in [5.41, 5.74) is 1.02. The molecular weight excluding hydrogens is 322 g/mol. The van der Waals surface area contributed by atoms with Crippen LogP contribution in [0.2, 0.25) is 10.0 Å². The maximum atomic E-state index is 13.0. The summed E-state index contributed by atoms with van der Waals surface area (Å²) < 4.78 is 38.9. The van der Waals surface area contributed by atoms with Crippen molar-refractivity contribution in [2.75, 3.05) is 5.32 Å². The largest absolute Gasteiger partial charge is 0.418 e. The van der Waals surface area contributed by atoms with Crippen molar-refractivity contribution in [2.45, 2.75) is 19.6 Å². The molecule has 0 aliphatic rings. The van der Waals surface area contributed by atoms with Gasteiger partial charge in [0.05, 0.1) is 5.56 Å². The molecule has 2 aromatic rings. The zero-order valence-corrected chi connectivity index (χ0v) is 12.6. The summed E-state index contributed by atoms with van der Waals surface area (Å²) >= 11 is 11.5. The van der Waals surface area contributed by atoms with Gasteiger partial charge in [-0.1, -0.05) is 29.3 Å². The Balaban J connectivity index is 2.24. The predicted octanol–water partition coefficient (Wildman–Crippen LogP) is 5.93. The van der Waals surface area contributed by atoms with Gasteiger partial charge in [0.1, 0.15) is 0 Å². The van der Waals surface area contributed by atoms with E-state index in [9.17, 15) is 13.2 Å². The Morgan fingerprint density at radius 3 is 2.24 bits per heavy atom. The molecule has 0 aliphatic heterocycles. The summed E-state index contributed by atoms with van der Waals surface area (Å²) in [6, 6.07) is 8.93. The average Bonchev–Trinajstić information content (AvgIpc) is 2.38. The Labute approximate surface area is 130 Å². The van der Waals surface area contributed by atoms with E-state index in [0.717, 1.165) is 17.2 Å². The van der Waals surface area contributed by atoms with E-state index in [-0.39, 0.29) is 17.3 Å². The van der Waals surface area contributed by atoms with Crippen LogP contribution in [0.4, 0.5) is 18.9 Å². The molecule has 0 saturated heterocycles. The van der Waals surface area contributed by atoms with Gasteiger partial charge in [-0.3, -0.25) is 0 Å². The zero-order valence-electron chi connectivity index (χ0n) is 11.1. The molecule has 2 rings (SSSR count). The van der Waals surface area contributed by atoms with Crippen LogP contribution < -0.4 is 5.32 Å². The fraction of sp³-hybridized carbons (Fsp3) is 0.200. The molecule has 0 amide bonds. The van der Waals surface area contributed by atoms with E-state index in [4.69, 9.17) is 23.2 Å². The van der Waals surface area contributed by atoms with Crippen molar-refractivity contribution >= 4 is 28.9 Å². The van der Waals surface area contributed by atoms with E-state index in [1.807, 2.05) is 6.92 Å². The minimum atomic E-state index is -4.46. The lowest BCUT2D eigenvalue weighted by molar-refractivity contribution is -0.136. The first-order chi connectivity index (χ1) is 9.77. The number of hydrogen-bond donors (Lipinski definition) is 1. The first kappa shape index (κ1) is 16.0. The standard InChI is InChI=1S/C15H12Cl2F3N/c1-9-6-11(16)3-2-10(9)8-21-14-5-4-12(17)7-13(14)15(18,19)20/h2-7,21H,8H2,1H3. The van der Waals surface area contributed by atoms with Crippen LogP contribution in [0, 0.1) is 6.92 Å². The normalized spacial score (nSPS) is 11.5. The third-order valence-electron chi connectivity index (χ3n) is 3.06. The first-order valence-corrected chi connectivity index (χ1v) is 6.88. The number of nitrogens with one attached hydrogen (secondary N) is 1. The van der Waals surface area contributed by atoms with Gasteiger partial charge in [-0.25, -0.2) is 0 Å². The maximum Gasteiger partial charge on any atom is 0.418 e. The molecule has 0 spiro atoms. The molecule has 6 heteroatoms. The topological polar surface area (TPSA) is 12.0 Å². The summed E-state index contributed by atoms with van der Waals surface area (Å²) in [6.45, 7) is 2.13. The van der Waals surface area contributed by atoms with Crippen molar-refractivity contribution in [1.29, 1.82) is 0 Å². The lowest BCUT2D eigenvalue weighted by Crippen LogP contribution is -2.11. The van der Waals surface area contributed by atoms with E-state index in [2.05, 4.69) is 5.32 Å². The third-order valence-corrected chi connectivity index (χ3v) is 3.53. The van der Waals surface area contributed by atoms with Crippen LogP contribution in [0.15, 0.2) is 36.4 Å². The SMILES string of the molecule is Cc1cc(Cl)ccc1CNc1ccc(Cl)cc1C(F)(F)F. The number of hydrogen-bond acceptors (Lipinski definition) is 1. The van der Waals surface area contributed by atoms with Crippen LogP contribution in [0.1, 0.15) is 16.7 Å². The Morgan fingerprint density at radius 2 is 1.62 bits per heavy atom. The van der Waals surface area contributed by atoms with Crippen molar-refractivity contribution in [3.05, 3.63) is 63.1 Å². The lowest BCUT2D eigenvalue weighted by atomic mass is 10.1. The molecule has 0 aliphatic carbocycles. The fourth-order valence-corrected chi connectivity index (χ4v) is 2.35. The van der Waals surface area contributed by atoms with Gasteiger partial charge in [0.2, 0.25) is 0 Å². The summed E-state index contributed by atoms with van der Waals surface area (Å²) in [6.07, 6.45) is -4.46. The molecule has 0 saturated carbocycles. The molecule has 0 fully saturated rings. The van der Waals surface area contributed by atoms with Crippen molar-refractivity contribution in [3.8, 4) is 0 Å². The van der Waals surface area contributed by atoms with Crippen molar-refractivity contribution in [1.82, 2.24) is 0 Å². The summed E-state index contributed by atoms with van der Waals surface area (Å²) in [4.78, 5) is 0. The highest BCUT2D eigenvalue weighted by Gasteiger charge is 2.33. The predicted molar refractivity (Wildman–Crippen MR) is 80.0 cm³/mol.